The number of carboxylic acids is 1. The smallest absolute Gasteiger partial charge is 0.320 e. The molecule has 260 valence electrons. The molecule has 0 amide bonds. The number of carbonyl (C=O) groups excluding carboxylic acids is 4. The van der Waals surface area contributed by atoms with E-state index in [4.69, 9.17) is 10.2 Å². The maximum absolute atomic E-state index is 11.6. The Kier molecular flexibility index (Phi) is 18.0. The second kappa shape index (κ2) is 21.3. The van der Waals surface area contributed by atoms with Crippen LogP contribution in [0.1, 0.15) is 45.2 Å². The number of benzene rings is 4. The number of methoxy groups -OCH3 is 1. The van der Waals surface area contributed by atoms with Crippen LogP contribution in [0.15, 0.2) is 109 Å². The molecule has 1 saturated heterocycles. The van der Waals surface area contributed by atoms with E-state index in [0.29, 0.717) is 0 Å². The summed E-state index contributed by atoms with van der Waals surface area (Å²) in [6.45, 7) is 3.03. The van der Waals surface area contributed by atoms with E-state index in [1.165, 1.54) is 21.0 Å². The fraction of sp³-hybridized carbons (Fsp3) is 0.256. The molecule has 0 unspecified atom stereocenters. The largest absolute Gasteiger partial charge is 0.481 e. The van der Waals surface area contributed by atoms with E-state index < -0.39 is 29.7 Å². The first-order valence-electron chi connectivity index (χ1n) is 14.9. The molecule has 4 aromatic rings. The lowest BCUT2D eigenvalue weighted by atomic mass is 10.0. The highest BCUT2D eigenvalue weighted by Crippen LogP contribution is 2.21. The Hall–Kier alpha value is -5.61. The number of Topliss-reactive ketones (excluding diaryl/α,β-unsaturated/α-hetero) is 1. The van der Waals surface area contributed by atoms with Crippen LogP contribution >= 0.6 is 0 Å². The van der Waals surface area contributed by atoms with Crippen LogP contribution in [0, 0.1) is 0 Å². The van der Waals surface area contributed by atoms with Gasteiger partial charge in [-0.15, -0.1) is 0 Å². The van der Waals surface area contributed by atoms with Crippen LogP contribution in [0.3, 0.4) is 0 Å². The van der Waals surface area contributed by atoms with Crippen molar-refractivity contribution in [3.8, 4) is 22.3 Å². The van der Waals surface area contributed by atoms with Gasteiger partial charge in [0.25, 0.3) is 5.79 Å². The summed E-state index contributed by atoms with van der Waals surface area (Å²) in [5.41, 5.74) is 6.22. The number of rotatable bonds is 8. The van der Waals surface area contributed by atoms with Gasteiger partial charge in [0.15, 0.2) is 0 Å². The minimum atomic E-state index is -1.08. The summed E-state index contributed by atoms with van der Waals surface area (Å²) in [6, 6.07) is 35.5. The SMILES string of the molecule is C.CC1(C)OC(=O)CC(=O)O1.CO.COC(=O)CC(=O)Cc1ccc(-c2ccccc2)cc1.O=C(O)Cc1ccc(-c2ccccc2)cc1. The molecule has 1 heterocycles. The van der Waals surface area contributed by atoms with Crippen LogP contribution in [-0.2, 0) is 51.0 Å². The number of aliphatic hydroxyl groups excluding tert-OH is 1. The normalized spacial score (nSPS) is 12.3. The number of aliphatic carboxylic acids is 1. The van der Waals surface area contributed by atoms with Gasteiger partial charge in [-0.3, -0.25) is 24.0 Å². The van der Waals surface area contributed by atoms with E-state index in [0.717, 1.165) is 40.5 Å². The molecular weight excluding hydrogens is 628 g/mol. The summed E-state index contributed by atoms with van der Waals surface area (Å²) in [5, 5.41) is 15.7. The second-order valence-corrected chi connectivity index (χ2v) is 10.7. The number of ketones is 1. The summed E-state index contributed by atoms with van der Waals surface area (Å²) >= 11 is 0. The van der Waals surface area contributed by atoms with Crippen molar-refractivity contribution in [2.45, 2.75) is 52.7 Å². The molecule has 1 fully saturated rings. The Morgan fingerprint density at radius 3 is 1.37 bits per heavy atom. The van der Waals surface area contributed by atoms with E-state index >= 15 is 0 Å². The van der Waals surface area contributed by atoms with Crippen LogP contribution in [-0.4, -0.2) is 59.9 Å². The summed E-state index contributed by atoms with van der Waals surface area (Å²) in [7, 11) is 2.28. The number of aliphatic hydroxyl groups is 1. The van der Waals surface area contributed by atoms with Gasteiger partial charge in [0, 0.05) is 27.4 Å². The van der Waals surface area contributed by atoms with Gasteiger partial charge in [0.2, 0.25) is 0 Å². The van der Waals surface area contributed by atoms with E-state index in [2.05, 4.69) is 14.2 Å². The molecule has 10 heteroatoms. The maximum Gasteiger partial charge on any atom is 0.320 e. The number of esters is 3. The average molecular weight is 673 g/mol. The van der Waals surface area contributed by atoms with E-state index in [1.807, 2.05) is 109 Å². The van der Waals surface area contributed by atoms with Gasteiger partial charge < -0.3 is 24.4 Å². The standard InChI is InChI=1S/C17H16O3.C14H12O2.C6H8O4.CH4O.CH4/c1-20-17(19)12-16(18)11-13-7-9-15(10-8-13)14-5-3-2-4-6-14;15-14(16)10-11-6-8-13(9-7-11)12-4-2-1-3-5-12;1-6(2)9-4(7)3-5(8)10-6;1-2;/h2-10H,11-12H2,1H3;1-9H,10H2,(H,15,16);3H2,1-2H3;2H,1H3;1H4. The number of carbonyl (C=O) groups is 5. The third-order valence-electron chi connectivity index (χ3n) is 6.46. The molecule has 1 aliphatic heterocycles. The van der Waals surface area contributed by atoms with Gasteiger partial charge in [-0.1, -0.05) is 117 Å². The molecule has 5 rings (SSSR count). The van der Waals surface area contributed by atoms with Crippen molar-refractivity contribution < 1.29 is 48.4 Å². The zero-order valence-corrected chi connectivity index (χ0v) is 27.4. The quantitative estimate of drug-likeness (QED) is 0.157. The van der Waals surface area contributed by atoms with Crippen LogP contribution in [0.5, 0.6) is 0 Å². The third kappa shape index (κ3) is 15.7. The molecule has 0 atom stereocenters. The van der Waals surface area contributed by atoms with Gasteiger partial charge in [0.05, 0.1) is 13.5 Å². The minimum Gasteiger partial charge on any atom is -0.481 e. The van der Waals surface area contributed by atoms with Crippen molar-refractivity contribution in [1.29, 1.82) is 0 Å². The lowest BCUT2D eigenvalue weighted by Crippen LogP contribution is -2.39. The molecule has 4 aromatic carbocycles. The summed E-state index contributed by atoms with van der Waals surface area (Å²) < 4.78 is 13.8. The molecule has 10 nitrogen and oxygen atoms in total. The Morgan fingerprint density at radius 2 is 1.02 bits per heavy atom. The number of hydrogen-bond donors (Lipinski definition) is 2. The van der Waals surface area contributed by atoms with Crippen LogP contribution in [0.2, 0.25) is 0 Å². The number of hydrogen-bond acceptors (Lipinski definition) is 9. The average Bonchev–Trinajstić information content (AvgIpc) is 3.06. The van der Waals surface area contributed by atoms with Gasteiger partial charge in [-0.05, 0) is 33.4 Å². The topological polar surface area (TPSA) is 154 Å². The zero-order valence-electron chi connectivity index (χ0n) is 27.4. The predicted octanol–water partition coefficient (Wildman–Crippen LogP) is 6.47. The van der Waals surface area contributed by atoms with Gasteiger partial charge in [-0.2, -0.15) is 0 Å². The first-order valence-corrected chi connectivity index (χ1v) is 14.9. The zero-order chi connectivity index (χ0) is 35.5. The molecule has 2 N–H and O–H groups in total. The van der Waals surface area contributed by atoms with Gasteiger partial charge >= 0.3 is 23.9 Å². The Labute approximate surface area is 287 Å². The Morgan fingerprint density at radius 1 is 0.653 bits per heavy atom. The van der Waals surface area contributed by atoms with Crippen molar-refractivity contribution in [2.24, 2.45) is 0 Å². The number of cyclic esters (lactones) is 2. The summed E-state index contributed by atoms with van der Waals surface area (Å²) in [4.78, 5) is 54.3. The predicted molar refractivity (Wildman–Crippen MR) is 186 cm³/mol. The van der Waals surface area contributed by atoms with E-state index in [1.54, 1.807) is 0 Å². The fourth-order valence-electron chi connectivity index (χ4n) is 4.35. The first kappa shape index (κ1) is 41.4. The lowest BCUT2D eigenvalue weighted by Gasteiger charge is -2.28. The summed E-state index contributed by atoms with van der Waals surface area (Å²) in [6.07, 6.45) is -0.112. The molecule has 0 aromatic heterocycles. The highest BCUT2D eigenvalue weighted by Gasteiger charge is 2.34. The third-order valence-corrected chi connectivity index (χ3v) is 6.46. The number of ether oxygens (including phenoxy) is 3. The van der Waals surface area contributed by atoms with Gasteiger partial charge in [0.1, 0.15) is 18.6 Å². The highest BCUT2D eigenvalue weighted by molar-refractivity contribution is 5.96. The Bertz CT molecular complexity index is 1590. The first-order chi connectivity index (χ1) is 22.9. The van der Waals surface area contributed by atoms with Crippen molar-refractivity contribution in [2.75, 3.05) is 14.2 Å². The summed E-state index contributed by atoms with van der Waals surface area (Å²) in [5.74, 6) is -3.55. The van der Waals surface area contributed by atoms with Crippen molar-refractivity contribution in [1.82, 2.24) is 0 Å². The minimum absolute atomic E-state index is 0. The molecule has 0 spiro atoms. The molecule has 1 aliphatic rings. The molecule has 0 aliphatic carbocycles. The van der Waals surface area contributed by atoms with Crippen molar-refractivity contribution >= 4 is 29.7 Å². The fourth-order valence-corrected chi connectivity index (χ4v) is 4.35. The molecule has 0 bridgehead atoms. The number of carboxylic acid groups (broad SMARTS) is 1. The highest BCUT2D eigenvalue weighted by atomic mass is 16.7. The van der Waals surface area contributed by atoms with E-state index in [9.17, 15) is 24.0 Å². The van der Waals surface area contributed by atoms with Crippen molar-refractivity contribution in [3.05, 3.63) is 120 Å². The van der Waals surface area contributed by atoms with Crippen LogP contribution < -0.4 is 0 Å². The van der Waals surface area contributed by atoms with Crippen molar-refractivity contribution in [3.63, 3.8) is 0 Å². The monoisotopic (exact) mass is 672 g/mol. The van der Waals surface area contributed by atoms with Crippen LogP contribution in [0.25, 0.3) is 22.3 Å². The van der Waals surface area contributed by atoms with E-state index in [-0.39, 0.29) is 38.9 Å². The molecule has 49 heavy (non-hydrogen) atoms. The Balaban J connectivity index is 0.000000372. The lowest BCUT2D eigenvalue weighted by molar-refractivity contribution is -0.231. The second-order valence-electron chi connectivity index (χ2n) is 10.7. The molecular formula is C39H44O10. The maximum atomic E-state index is 11.6. The van der Waals surface area contributed by atoms with Crippen LogP contribution in [0.4, 0.5) is 0 Å². The molecule has 0 saturated carbocycles. The molecule has 0 radical (unpaired) electrons. The van der Waals surface area contributed by atoms with Gasteiger partial charge in [-0.25, -0.2) is 0 Å².